The molecule has 0 N–H and O–H groups in total. The Labute approximate surface area is 109 Å². The van der Waals surface area contributed by atoms with Gasteiger partial charge < -0.3 is 4.90 Å². The van der Waals surface area contributed by atoms with Crippen LogP contribution < -0.4 is 4.90 Å². The summed E-state index contributed by atoms with van der Waals surface area (Å²) in [6, 6.07) is 4.04. The van der Waals surface area contributed by atoms with Gasteiger partial charge in [0.15, 0.2) is 0 Å². The van der Waals surface area contributed by atoms with Gasteiger partial charge in [-0.05, 0) is 31.2 Å². The largest absolute Gasteiger partial charge is 0.362 e. The molecule has 1 atom stereocenters. The summed E-state index contributed by atoms with van der Waals surface area (Å²) >= 11 is 1.85. The van der Waals surface area contributed by atoms with Crippen LogP contribution in [0.15, 0.2) is 18.2 Å². The van der Waals surface area contributed by atoms with Crippen LogP contribution in [-0.2, 0) is 0 Å². The maximum atomic E-state index is 13.1. The minimum atomic E-state index is -0.567. The lowest BCUT2D eigenvalue weighted by Gasteiger charge is -2.28. The first-order chi connectivity index (χ1) is 8.59. The maximum absolute atomic E-state index is 13.1. The number of nitro groups is 1. The minimum absolute atomic E-state index is 0.145. The van der Waals surface area contributed by atoms with E-state index in [4.69, 9.17) is 0 Å². The van der Waals surface area contributed by atoms with Crippen molar-refractivity contribution in [3.05, 3.63) is 34.1 Å². The lowest BCUT2D eigenvalue weighted by atomic mass is 10.1. The molecule has 1 heterocycles. The first-order valence-corrected chi connectivity index (χ1v) is 7.03. The van der Waals surface area contributed by atoms with Gasteiger partial charge in [0, 0.05) is 18.3 Å². The van der Waals surface area contributed by atoms with Gasteiger partial charge in [0.25, 0.3) is 5.69 Å². The van der Waals surface area contributed by atoms with E-state index in [1.54, 1.807) is 0 Å². The van der Waals surface area contributed by atoms with Gasteiger partial charge in [0.05, 0.1) is 11.0 Å². The Balaban J connectivity index is 2.39. The van der Waals surface area contributed by atoms with Gasteiger partial charge in [0.2, 0.25) is 0 Å². The second-order valence-corrected chi connectivity index (χ2v) is 5.56. The number of halogens is 1. The molecule has 1 aromatic carbocycles. The third kappa shape index (κ3) is 2.75. The number of anilines is 1. The van der Waals surface area contributed by atoms with Crippen LogP contribution in [-0.4, -0.2) is 29.0 Å². The van der Waals surface area contributed by atoms with Crippen molar-refractivity contribution in [1.82, 2.24) is 0 Å². The quantitative estimate of drug-likeness (QED) is 0.612. The normalized spacial score (nSPS) is 20.6. The zero-order chi connectivity index (χ0) is 13.1. The summed E-state index contributed by atoms with van der Waals surface area (Å²) in [4.78, 5) is 12.5. The number of nitro benzene ring substituents is 1. The molecular weight excluding hydrogens is 255 g/mol. The summed E-state index contributed by atoms with van der Waals surface area (Å²) in [5.74, 6) is 1.44. The first kappa shape index (κ1) is 13.1. The third-order valence-electron chi connectivity index (χ3n) is 3.13. The minimum Gasteiger partial charge on any atom is -0.362 e. The highest BCUT2D eigenvalue weighted by Gasteiger charge is 2.25. The standard InChI is InChI=1S/C12H15FN2O2S/c1-9-4-6-18-7-5-14(9)11-3-2-10(13)8-12(11)15(16)17/h2-3,8-9H,4-7H2,1H3. The van der Waals surface area contributed by atoms with Gasteiger partial charge in [0.1, 0.15) is 11.5 Å². The van der Waals surface area contributed by atoms with E-state index in [-0.39, 0.29) is 11.7 Å². The van der Waals surface area contributed by atoms with Crippen molar-refractivity contribution in [2.75, 3.05) is 23.0 Å². The molecular formula is C12H15FN2O2S. The number of thioether (sulfide) groups is 1. The van der Waals surface area contributed by atoms with Crippen LogP contribution in [0.5, 0.6) is 0 Å². The predicted octanol–water partition coefficient (Wildman–Crippen LogP) is 3.07. The van der Waals surface area contributed by atoms with Crippen LogP contribution in [0.25, 0.3) is 0 Å². The highest BCUT2D eigenvalue weighted by atomic mass is 32.2. The van der Waals surface area contributed by atoms with E-state index in [0.717, 1.165) is 30.5 Å². The molecule has 0 aromatic heterocycles. The molecule has 6 heteroatoms. The lowest BCUT2D eigenvalue weighted by Crippen LogP contribution is -2.34. The van der Waals surface area contributed by atoms with E-state index < -0.39 is 10.7 Å². The summed E-state index contributed by atoms with van der Waals surface area (Å²) in [6.45, 7) is 2.82. The average molecular weight is 270 g/mol. The fourth-order valence-electron chi connectivity index (χ4n) is 2.14. The molecule has 1 unspecified atom stereocenters. The Morgan fingerprint density at radius 2 is 2.28 bits per heavy atom. The van der Waals surface area contributed by atoms with Crippen LogP contribution in [0.1, 0.15) is 13.3 Å². The smallest absolute Gasteiger partial charge is 0.295 e. The molecule has 0 bridgehead atoms. The summed E-state index contributed by atoms with van der Waals surface area (Å²) in [5.41, 5.74) is 0.380. The van der Waals surface area contributed by atoms with Crippen molar-refractivity contribution < 1.29 is 9.31 Å². The summed E-state index contributed by atoms with van der Waals surface area (Å²) in [6.07, 6.45) is 0.985. The maximum Gasteiger partial charge on any atom is 0.295 e. The second kappa shape index (κ2) is 5.56. The van der Waals surface area contributed by atoms with Crippen LogP contribution in [0, 0.1) is 15.9 Å². The molecule has 0 spiro atoms. The van der Waals surface area contributed by atoms with Crippen LogP contribution in [0.4, 0.5) is 15.8 Å². The molecule has 4 nitrogen and oxygen atoms in total. The zero-order valence-electron chi connectivity index (χ0n) is 10.1. The fourth-order valence-corrected chi connectivity index (χ4v) is 3.18. The molecule has 1 aliphatic rings. The molecule has 1 saturated heterocycles. The van der Waals surface area contributed by atoms with E-state index in [1.807, 2.05) is 16.7 Å². The fraction of sp³-hybridized carbons (Fsp3) is 0.500. The molecule has 1 aromatic rings. The number of hydrogen-bond acceptors (Lipinski definition) is 4. The van der Waals surface area contributed by atoms with Crippen LogP contribution in [0.3, 0.4) is 0 Å². The van der Waals surface area contributed by atoms with E-state index >= 15 is 0 Å². The molecule has 1 aliphatic heterocycles. The molecule has 2 rings (SSSR count). The molecule has 98 valence electrons. The third-order valence-corrected chi connectivity index (χ3v) is 4.13. The SMILES string of the molecule is CC1CCSCCN1c1ccc(F)cc1[N+](=O)[O-]. The topological polar surface area (TPSA) is 46.4 Å². The van der Waals surface area contributed by atoms with Gasteiger partial charge in [-0.15, -0.1) is 0 Å². The summed E-state index contributed by atoms with van der Waals surface area (Å²) < 4.78 is 13.1. The zero-order valence-corrected chi connectivity index (χ0v) is 11.0. The average Bonchev–Trinajstić information content (AvgIpc) is 2.54. The van der Waals surface area contributed by atoms with Gasteiger partial charge in [-0.25, -0.2) is 4.39 Å². The second-order valence-electron chi connectivity index (χ2n) is 4.33. The highest BCUT2D eigenvalue weighted by molar-refractivity contribution is 7.99. The highest BCUT2D eigenvalue weighted by Crippen LogP contribution is 2.32. The first-order valence-electron chi connectivity index (χ1n) is 5.88. The van der Waals surface area contributed by atoms with E-state index in [2.05, 4.69) is 6.92 Å². The Hall–Kier alpha value is -1.30. The Morgan fingerprint density at radius 3 is 3.00 bits per heavy atom. The monoisotopic (exact) mass is 270 g/mol. The van der Waals surface area contributed by atoms with Gasteiger partial charge in [-0.2, -0.15) is 11.8 Å². The van der Waals surface area contributed by atoms with Crippen molar-refractivity contribution >= 4 is 23.1 Å². The van der Waals surface area contributed by atoms with Gasteiger partial charge in [-0.1, -0.05) is 0 Å². The molecule has 1 fully saturated rings. The van der Waals surface area contributed by atoms with E-state index in [9.17, 15) is 14.5 Å². The predicted molar refractivity (Wildman–Crippen MR) is 71.8 cm³/mol. The van der Waals surface area contributed by atoms with Crippen molar-refractivity contribution in [3.8, 4) is 0 Å². The summed E-state index contributed by atoms with van der Waals surface area (Å²) in [5, 5.41) is 11.0. The van der Waals surface area contributed by atoms with Crippen molar-refractivity contribution in [1.29, 1.82) is 0 Å². The van der Waals surface area contributed by atoms with Gasteiger partial charge in [-0.3, -0.25) is 10.1 Å². The van der Waals surface area contributed by atoms with E-state index in [0.29, 0.717) is 5.69 Å². The van der Waals surface area contributed by atoms with Crippen molar-refractivity contribution in [3.63, 3.8) is 0 Å². The van der Waals surface area contributed by atoms with E-state index in [1.165, 1.54) is 12.1 Å². The molecule has 0 saturated carbocycles. The molecule has 0 aliphatic carbocycles. The number of rotatable bonds is 2. The van der Waals surface area contributed by atoms with Gasteiger partial charge >= 0.3 is 0 Å². The van der Waals surface area contributed by atoms with Crippen molar-refractivity contribution in [2.24, 2.45) is 0 Å². The summed E-state index contributed by atoms with van der Waals surface area (Å²) in [7, 11) is 0. The Kier molecular flexibility index (Phi) is 4.06. The molecule has 18 heavy (non-hydrogen) atoms. The van der Waals surface area contributed by atoms with Crippen molar-refractivity contribution in [2.45, 2.75) is 19.4 Å². The number of hydrogen-bond donors (Lipinski definition) is 0. The Morgan fingerprint density at radius 1 is 1.50 bits per heavy atom. The molecule has 0 radical (unpaired) electrons. The Bertz CT molecular complexity index is 456. The lowest BCUT2D eigenvalue weighted by molar-refractivity contribution is -0.384. The van der Waals surface area contributed by atoms with Crippen LogP contribution in [0.2, 0.25) is 0 Å². The van der Waals surface area contributed by atoms with Crippen LogP contribution >= 0.6 is 11.8 Å². The molecule has 0 amide bonds. The number of nitrogens with zero attached hydrogens (tertiary/aromatic N) is 2. The number of benzene rings is 1.